The van der Waals surface area contributed by atoms with Crippen LogP contribution in [0, 0.1) is 11.5 Å². The summed E-state index contributed by atoms with van der Waals surface area (Å²) in [5.74, 6) is 0.379. The summed E-state index contributed by atoms with van der Waals surface area (Å²) in [4.78, 5) is 4.53. The minimum absolute atomic E-state index is 0.261. The third-order valence-electron chi connectivity index (χ3n) is 2.58. The van der Waals surface area contributed by atoms with E-state index in [9.17, 15) is 0 Å². The molecule has 0 atom stereocenters. The maximum Gasteiger partial charge on any atom is 0.209 e. The third-order valence-corrected chi connectivity index (χ3v) is 3.01. The van der Waals surface area contributed by atoms with Gasteiger partial charge in [0.1, 0.15) is 0 Å². The van der Waals surface area contributed by atoms with Crippen molar-refractivity contribution in [2.24, 2.45) is 4.99 Å². The van der Waals surface area contributed by atoms with Crippen LogP contribution in [0.1, 0.15) is 33.6 Å². The lowest BCUT2D eigenvalue weighted by molar-refractivity contribution is 0.472. The largest absolute Gasteiger partial charge is 0.325 e. The molecule has 0 aliphatic carbocycles. The number of aliphatic imine (C=N–C) groups is 1. The van der Waals surface area contributed by atoms with Crippen molar-refractivity contribution in [3.8, 4) is 6.19 Å². The molecule has 1 aromatic carbocycles. The van der Waals surface area contributed by atoms with Crippen molar-refractivity contribution in [2.75, 3.05) is 5.32 Å². The summed E-state index contributed by atoms with van der Waals surface area (Å²) in [5, 5.41) is 15.4. The maximum absolute atomic E-state index is 8.82. The standard InChI is InChI=1S/C14H18Cl2N4/c1-4-5-14(2,3)20-13(18-9-17)19-12-7-10(15)6-11(16)8-12/h6-8H,4-5H2,1-3H3,(H2,18,19,20). The number of nitrogens with zero attached hydrogens (tertiary/aromatic N) is 2. The van der Waals surface area contributed by atoms with Crippen molar-refractivity contribution in [3.05, 3.63) is 28.2 Å². The molecule has 4 nitrogen and oxygen atoms in total. The predicted molar refractivity (Wildman–Crippen MR) is 85.3 cm³/mol. The van der Waals surface area contributed by atoms with E-state index in [0.717, 1.165) is 12.8 Å². The van der Waals surface area contributed by atoms with Gasteiger partial charge in [-0.15, -0.1) is 0 Å². The molecule has 1 rings (SSSR count). The van der Waals surface area contributed by atoms with Crippen LogP contribution in [-0.4, -0.2) is 11.5 Å². The van der Waals surface area contributed by atoms with Gasteiger partial charge in [-0.2, -0.15) is 5.26 Å². The summed E-state index contributed by atoms with van der Waals surface area (Å²) >= 11 is 11.9. The molecular formula is C14H18Cl2N4. The second kappa shape index (κ2) is 7.37. The zero-order valence-corrected chi connectivity index (χ0v) is 13.3. The molecule has 6 heteroatoms. The molecule has 108 valence electrons. The predicted octanol–water partition coefficient (Wildman–Crippen LogP) is 4.41. The zero-order chi connectivity index (χ0) is 15.2. The Hall–Kier alpha value is -1.44. The fourth-order valence-electron chi connectivity index (χ4n) is 1.87. The molecular weight excluding hydrogens is 295 g/mol. The van der Waals surface area contributed by atoms with E-state index in [4.69, 9.17) is 28.5 Å². The molecule has 0 unspecified atom stereocenters. The zero-order valence-electron chi connectivity index (χ0n) is 11.8. The molecule has 0 saturated carbocycles. The Labute approximate surface area is 129 Å². The molecule has 2 N–H and O–H groups in total. The first-order chi connectivity index (χ1) is 9.36. The number of nitriles is 1. The Morgan fingerprint density at radius 2 is 1.90 bits per heavy atom. The van der Waals surface area contributed by atoms with Crippen LogP contribution in [0.4, 0.5) is 5.69 Å². The van der Waals surface area contributed by atoms with Crippen LogP contribution in [0.25, 0.3) is 0 Å². The molecule has 0 heterocycles. The molecule has 0 aliphatic rings. The van der Waals surface area contributed by atoms with Crippen LogP contribution in [-0.2, 0) is 0 Å². The smallest absolute Gasteiger partial charge is 0.209 e. The fraction of sp³-hybridized carbons (Fsp3) is 0.429. The van der Waals surface area contributed by atoms with E-state index in [2.05, 4.69) is 22.5 Å². The monoisotopic (exact) mass is 312 g/mol. The summed E-state index contributed by atoms with van der Waals surface area (Å²) in [5.41, 5.74) is 0.417. The van der Waals surface area contributed by atoms with E-state index in [0.29, 0.717) is 21.7 Å². The van der Waals surface area contributed by atoms with Crippen molar-refractivity contribution in [1.29, 1.82) is 5.26 Å². The van der Waals surface area contributed by atoms with Gasteiger partial charge >= 0.3 is 0 Å². The van der Waals surface area contributed by atoms with Gasteiger partial charge < -0.3 is 5.32 Å². The Morgan fingerprint density at radius 1 is 1.30 bits per heavy atom. The highest BCUT2D eigenvalue weighted by molar-refractivity contribution is 6.35. The van der Waals surface area contributed by atoms with Gasteiger partial charge in [0.15, 0.2) is 6.19 Å². The highest BCUT2D eigenvalue weighted by Crippen LogP contribution is 2.23. The number of anilines is 1. The van der Waals surface area contributed by atoms with Crippen LogP contribution in [0.3, 0.4) is 0 Å². The van der Waals surface area contributed by atoms with E-state index in [1.54, 1.807) is 18.2 Å². The van der Waals surface area contributed by atoms with Crippen LogP contribution in [0.2, 0.25) is 10.0 Å². The van der Waals surface area contributed by atoms with Gasteiger partial charge in [-0.1, -0.05) is 36.5 Å². The van der Waals surface area contributed by atoms with Crippen LogP contribution < -0.4 is 10.6 Å². The molecule has 0 amide bonds. The molecule has 0 radical (unpaired) electrons. The van der Waals surface area contributed by atoms with Gasteiger partial charge in [-0.25, -0.2) is 4.99 Å². The van der Waals surface area contributed by atoms with E-state index >= 15 is 0 Å². The lowest BCUT2D eigenvalue weighted by Gasteiger charge is -2.21. The van der Waals surface area contributed by atoms with Crippen molar-refractivity contribution in [3.63, 3.8) is 0 Å². The number of hydrogen-bond donors (Lipinski definition) is 2. The topological polar surface area (TPSA) is 60.2 Å². The van der Waals surface area contributed by atoms with Crippen LogP contribution in [0.5, 0.6) is 0 Å². The molecule has 20 heavy (non-hydrogen) atoms. The van der Waals surface area contributed by atoms with E-state index < -0.39 is 0 Å². The summed E-state index contributed by atoms with van der Waals surface area (Å²) in [6.07, 6.45) is 3.80. The lowest BCUT2D eigenvalue weighted by Crippen LogP contribution is -2.31. The van der Waals surface area contributed by atoms with Crippen molar-refractivity contribution in [1.82, 2.24) is 5.32 Å². The maximum atomic E-state index is 8.82. The first kappa shape index (κ1) is 16.6. The number of rotatable bonds is 4. The number of nitrogens with one attached hydrogen (secondary N) is 2. The average Bonchev–Trinajstić information content (AvgIpc) is 2.26. The second-order valence-corrected chi connectivity index (χ2v) is 5.92. The second-order valence-electron chi connectivity index (χ2n) is 5.04. The van der Waals surface area contributed by atoms with E-state index in [-0.39, 0.29) is 5.54 Å². The number of benzene rings is 1. The van der Waals surface area contributed by atoms with Crippen LogP contribution >= 0.6 is 23.2 Å². The molecule has 1 aromatic rings. The van der Waals surface area contributed by atoms with Gasteiger partial charge in [0.05, 0.1) is 5.54 Å². The number of halogens is 2. The molecule has 0 fully saturated rings. The van der Waals surface area contributed by atoms with Crippen LogP contribution in [0.15, 0.2) is 23.2 Å². The van der Waals surface area contributed by atoms with Gasteiger partial charge in [0, 0.05) is 15.7 Å². The summed E-state index contributed by atoms with van der Waals surface area (Å²) in [7, 11) is 0. The number of hydrogen-bond acceptors (Lipinski definition) is 2. The van der Waals surface area contributed by atoms with Crippen molar-refractivity contribution in [2.45, 2.75) is 39.2 Å². The van der Waals surface area contributed by atoms with Gasteiger partial charge in [-0.05, 0) is 38.5 Å². The molecule has 0 aliphatic heterocycles. The minimum atomic E-state index is -0.261. The highest BCUT2D eigenvalue weighted by atomic mass is 35.5. The Bertz CT molecular complexity index is 512. The van der Waals surface area contributed by atoms with Gasteiger partial charge in [-0.3, -0.25) is 5.32 Å². The Balaban J connectivity index is 2.98. The number of guanidine groups is 1. The van der Waals surface area contributed by atoms with E-state index in [1.807, 2.05) is 20.0 Å². The Morgan fingerprint density at radius 3 is 2.40 bits per heavy atom. The fourth-order valence-corrected chi connectivity index (χ4v) is 2.40. The summed E-state index contributed by atoms with van der Waals surface area (Å²) in [6, 6.07) is 5.08. The molecule has 0 saturated heterocycles. The molecule has 0 spiro atoms. The molecule has 0 bridgehead atoms. The summed E-state index contributed by atoms with van der Waals surface area (Å²) in [6.45, 7) is 6.13. The first-order valence-electron chi connectivity index (χ1n) is 6.34. The minimum Gasteiger partial charge on any atom is -0.325 e. The summed E-state index contributed by atoms with van der Waals surface area (Å²) < 4.78 is 0. The quantitative estimate of drug-likeness (QED) is 0.374. The van der Waals surface area contributed by atoms with Crippen molar-refractivity contribution >= 4 is 34.8 Å². The van der Waals surface area contributed by atoms with Gasteiger partial charge in [0.2, 0.25) is 5.96 Å². The Kier molecular flexibility index (Phi) is 6.12. The average molecular weight is 313 g/mol. The normalized spacial score (nSPS) is 11.9. The van der Waals surface area contributed by atoms with Crippen molar-refractivity contribution < 1.29 is 0 Å². The lowest BCUT2D eigenvalue weighted by atomic mass is 10.0. The first-order valence-corrected chi connectivity index (χ1v) is 7.10. The van der Waals surface area contributed by atoms with E-state index in [1.165, 1.54) is 0 Å². The third kappa shape index (κ3) is 5.68. The SMILES string of the molecule is CCCC(C)(C)/N=C(\NC#N)Nc1cc(Cl)cc(Cl)c1. The van der Waals surface area contributed by atoms with Gasteiger partial charge in [0.25, 0.3) is 0 Å². The highest BCUT2D eigenvalue weighted by Gasteiger charge is 2.16. The molecule has 0 aromatic heterocycles.